The predicted octanol–water partition coefficient (Wildman–Crippen LogP) is 3.18. The van der Waals surface area contributed by atoms with Crippen molar-refractivity contribution < 1.29 is 22.3 Å². The topological polar surface area (TPSA) is 63.7 Å². The van der Waals surface area contributed by atoms with E-state index in [1.54, 1.807) is 42.5 Å². The van der Waals surface area contributed by atoms with Gasteiger partial charge in [-0.15, -0.1) is 0 Å². The van der Waals surface area contributed by atoms with Crippen LogP contribution in [0.2, 0.25) is 0 Å². The van der Waals surface area contributed by atoms with Crippen LogP contribution in [0.15, 0.2) is 53.0 Å². The first kappa shape index (κ1) is 19.8. The second-order valence-electron chi connectivity index (χ2n) is 6.41. The number of hydrogen-bond donors (Lipinski definition) is 0. The molecule has 27 heavy (non-hydrogen) atoms. The van der Waals surface area contributed by atoms with Gasteiger partial charge in [-0.1, -0.05) is 34.1 Å². The lowest BCUT2D eigenvalue weighted by atomic mass is 10.1. The highest BCUT2D eigenvalue weighted by Gasteiger charge is 2.35. The van der Waals surface area contributed by atoms with E-state index in [2.05, 4.69) is 15.9 Å². The van der Waals surface area contributed by atoms with E-state index in [1.807, 2.05) is 0 Å². The molecule has 0 radical (unpaired) electrons. The minimum Gasteiger partial charge on any atom is -0.484 e. The highest BCUT2D eigenvalue weighted by atomic mass is 79.9. The van der Waals surface area contributed by atoms with Crippen LogP contribution >= 0.6 is 15.9 Å². The molecule has 1 atom stereocenters. The minimum atomic E-state index is -3.18. The van der Waals surface area contributed by atoms with Crippen LogP contribution in [0.3, 0.4) is 0 Å². The molecule has 0 aliphatic carbocycles. The molecule has 1 aliphatic rings. The van der Waals surface area contributed by atoms with Gasteiger partial charge in [-0.25, -0.2) is 12.8 Å². The molecule has 0 saturated carbocycles. The molecule has 3 rings (SSSR count). The fraction of sp³-hybridized carbons (Fsp3) is 0.316. The number of hydrogen-bond acceptors (Lipinski definition) is 4. The summed E-state index contributed by atoms with van der Waals surface area (Å²) in [5.41, 5.74) is 0.346. The van der Waals surface area contributed by atoms with Crippen LogP contribution in [0.4, 0.5) is 4.39 Å². The Morgan fingerprint density at radius 2 is 1.89 bits per heavy atom. The van der Waals surface area contributed by atoms with Gasteiger partial charge >= 0.3 is 0 Å². The monoisotopic (exact) mass is 455 g/mol. The third-order valence-corrected chi connectivity index (χ3v) is 6.72. The van der Waals surface area contributed by atoms with Gasteiger partial charge in [0.25, 0.3) is 5.91 Å². The molecule has 0 N–H and O–H groups in total. The second-order valence-corrected chi connectivity index (χ2v) is 9.56. The number of nitrogens with zero attached hydrogens (tertiary/aromatic N) is 1. The van der Waals surface area contributed by atoms with Gasteiger partial charge < -0.3 is 9.64 Å². The first-order valence-corrected chi connectivity index (χ1v) is 11.1. The van der Waals surface area contributed by atoms with Gasteiger partial charge in [0.15, 0.2) is 16.4 Å². The van der Waals surface area contributed by atoms with Crippen molar-refractivity contribution in [3.05, 3.63) is 64.4 Å². The van der Waals surface area contributed by atoms with E-state index in [1.165, 1.54) is 11.0 Å². The van der Waals surface area contributed by atoms with Gasteiger partial charge in [0, 0.05) is 22.6 Å². The van der Waals surface area contributed by atoms with Crippen molar-refractivity contribution in [2.24, 2.45) is 0 Å². The molecule has 1 saturated heterocycles. The molecule has 1 fully saturated rings. The van der Waals surface area contributed by atoms with Crippen molar-refractivity contribution in [1.29, 1.82) is 0 Å². The number of rotatable bonds is 6. The molecule has 2 aromatic rings. The number of halogens is 2. The molecule has 8 heteroatoms. The van der Waals surface area contributed by atoms with Gasteiger partial charge in [0.2, 0.25) is 0 Å². The molecule has 1 unspecified atom stereocenters. The van der Waals surface area contributed by atoms with E-state index in [4.69, 9.17) is 4.74 Å². The standard InChI is InChI=1S/C19H19BrFNO4S/c20-15-5-7-17(8-6-15)26-12-19(23)22(16-9-10-27(24,25)13-16)11-14-3-1-2-4-18(14)21/h1-8,16H,9-13H2. The van der Waals surface area contributed by atoms with Crippen LogP contribution in [-0.4, -0.2) is 43.4 Å². The molecule has 1 aliphatic heterocycles. The summed E-state index contributed by atoms with van der Waals surface area (Å²) in [6.07, 6.45) is 0.348. The van der Waals surface area contributed by atoms with Gasteiger partial charge in [0.1, 0.15) is 11.6 Å². The maximum absolute atomic E-state index is 14.0. The van der Waals surface area contributed by atoms with Gasteiger partial charge in [-0.2, -0.15) is 0 Å². The predicted molar refractivity (Wildman–Crippen MR) is 104 cm³/mol. The fourth-order valence-corrected chi connectivity index (χ4v) is 5.01. The Morgan fingerprint density at radius 3 is 2.52 bits per heavy atom. The zero-order valence-corrected chi connectivity index (χ0v) is 16.9. The lowest BCUT2D eigenvalue weighted by molar-refractivity contribution is -0.136. The fourth-order valence-electron chi connectivity index (χ4n) is 3.01. The minimum absolute atomic E-state index is 0.00932. The molecular formula is C19H19BrFNO4S. The smallest absolute Gasteiger partial charge is 0.261 e. The Morgan fingerprint density at radius 1 is 1.19 bits per heavy atom. The summed E-state index contributed by atoms with van der Waals surface area (Å²) in [5, 5.41) is 0. The number of benzene rings is 2. The van der Waals surface area contributed by atoms with Crippen molar-refractivity contribution in [1.82, 2.24) is 4.90 Å². The molecule has 144 valence electrons. The summed E-state index contributed by atoms with van der Waals surface area (Å²) in [7, 11) is -3.18. The van der Waals surface area contributed by atoms with Crippen LogP contribution < -0.4 is 4.74 Å². The Labute approximate surface area is 166 Å². The Hall–Kier alpha value is -1.93. The Kier molecular flexibility index (Phi) is 6.16. The summed E-state index contributed by atoms with van der Waals surface area (Å²) in [5.74, 6) is -0.345. The van der Waals surface area contributed by atoms with Gasteiger partial charge in [-0.05, 0) is 36.8 Å². The van der Waals surface area contributed by atoms with Gasteiger partial charge in [-0.3, -0.25) is 4.79 Å². The quantitative estimate of drug-likeness (QED) is 0.670. The summed E-state index contributed by atoms with van der Waals surface area (Å²) < 4.78 is 44.2. The molecule has 0 aromatic heterocycles. The van der Waals surface area contributed by atoms with Crippen LogP contribution in [0.5, 0.6) is 5.75 Å². The van der Waals surface area contributed by atoms with E-state index in [0.29, 0.717) is 17.7 Å². The molecule has 5 nitrogen and oxygen atoms in total. The summed E-state index contributed by atoms with van der Waals surface area (Å²) in [6, 6.07) is 12.7. The molecule has 0 spiro atoms. The summed E-state index contributed by atoms with van der Waals surface area (Å²) in [4.78, 5) is 14.2. The van der Waals surface area contributed by atoms with Crippen LogP contribution in [-0.2, 0) is 21.2 Å². The van der Waals surface area contributed by atoms with E-state index < -0.39 is 21.7 Å². The summed E-state index contributed by atoms with van der Waals surface area (Å²) >= 11 is 3.32. The second kappa shape index (κ2) is 8.39. The third kappa shape index (κ3) is 5.29. The van der Waals surface area contributed by atoms with Crippen molar-refractivity contribution >= 4 is 31.7 Å². The molecule has 0 bridgehead atoms. The summed E-state index contributed by atoms with van der Waals surface area (Å²) in [6.45, 7) is -0.234. The third-order valence-electron chi connectivity index (χ3n) is 4.44. The molecule has 1 amide bonds. The van der Waals surface area contributed by atoms with Gasteiger partial charge in [0.05, 0.1) is 11.5 Å². The zero-order chi connectivity index (χ0) is 19.4. The Balaban J connectivity index is 1.75. The normalized spacial score (nSPS) is 18.2. The van der Waals surface area contributed by atoms with Crippen LogP contribution in [0, 0.1) is 5.82 Å². The molecule has 1 heterocycles. The van der Waals surface area contributed by atoms with E-state index >= 15 is 0 Å². The van der Waals surface area contributed by atoms with Crippen molar-refractivity contribution in [2.45, 2.75) is 19.0 Å². The molecular weight excluding hydrogens is 437 g/mol. The van der Waals surface area contributed by atoms with Crippen LogP contribution in [0.25, 0.3) is 0 Å². The number of carbonyl (C=O) groups excluding carboxylic acids is 1. The highest BCUT2D eigenvalue weighted by molar-refractivity contribution is 9.10. The first-order chi connectivity index (χ1) is 12.8. The lowest BCUT2D eigenvalue weighted by Crippen LogP contribution is -2.43. The lowest BCUT2D eigenvalue weighted by Gasteiger charge is -2.28. The maximum atomic E-state index is 14.0. The largest absolute Gasteiger partial charge is 0.484 e. The van der Waals surface area contributed by atoms with E-state index in [9.17, 15) is 17.6 Å². The van der Waals surface area contributed by atoms with E-state index in [0.717, 1.165) is 4.47 Å². The average molecular weight is 456 g/mol. The number of carbonyl (C=O) groups is 1. The van der Waals surface area contributed by atoms with Crippen LogP contribution in [0.1, 0.15) is 12.0 Å². The van der Waals surface area contributed by atoms with E-state index in [-0.39, 0.29) is 30.6 Å². The van der Waals surface area contributed by atoms with Crippen molar-refractivity contribution in [2.75, 3.05) is 18.1 Å². The Bertz CT molecular complexity index is 918. The maximum Gasteiger partial charge on any atom is 0.261 e. The van der Waals surface area contributed by atoms with Crippen molar-refractivity contribution in [3.8, 4) is 5.75 Å². The molecule has 2 aromatic carbocycles. The SMILES string of the molecule is O=C(COc1ccc(Br)cc1)N(Cc1ccccc1F)C1CCS(=O)(=O)C1. The first-order valence-electron chi connectivity index (χ1n) is 8.46. The number of ether oxygens (including phenoxy) is 1. The zero-order valence-electron chi connectivity index (χ0n) is 14.5. The number of amides is 1. The number of sulfone groups is 1. The van der Waals surface area contributed by atoms with Crippen molar-refractivity contribution in [3.63, 3.8) is 0 Å². The highest BCUT2D eigenvalue weighted by Crippen LogP contribution is 2.22. The average Bonchev–Trinajstić information content (AvgIpc) is 3.00.